The largest absolute Gasteiger partial charge is 0.573 e. The maximum Gasteiger partial charge on any atom is 0.573 e. The summed E-state index contributed by atoms with van der Waals surface area (Å²) in [4.78, 5) is 14.9. The van der Waals surface area contributed by atoms with Crippen molar-refractivity contribution in [3.05, 3.63) is 89.2 Å². The van der Waals surface area contributed by atoms with E-state index in [1.54, 1.807) is 4.90 Å². The number of amides is 1. The monoisotopic (exact) mass is 527 g/mol. The molecular formula is C29H25F4NO4. The zero-order chi connectivity index (χ0) is 26.7. The van der Waals surface area contributed by atoms with Gasteiger partial charge in [0, 0.05) is 36.4 Å². The van der Waals surface area contributed by atoms with Gasteiger partial charge in [-0.25, -0.2) is 9.18 Å². The second-order valence-corrected chi connectivity index (χ2v) is 10.2. The van der Waals surface area contributed by atoms with Gasteiger partial charge in [-0.15, -0.1) is 13.2 Å². The van der Waals surface area contributed by atoms with E-state index in [2.05, 4.69) is 16.9 Å². The third kappa shape index (κ3) is 4.28. The summed E-state index contributed by atoms with van der Waals surface area (Å²) in [6.07, 6.45) is -4.31. The van der Waals surface area contributed by atoms with E-state index in [1.165, 1.54) is 0 Å². The van der Waals surface area contributed by atoms with E-state index in [0.717, 1.165) is 40.5 Å². The van der Waals surface area contributed by atoms with Crippen molar-refractivity contribution in [3.63, 3.8) is 0 Å². The molecule has 2 saturated heterocycles. The molecule has 2 aliphatic heterocycles. The van der Waals surface area contributed by atoms with E-state index < -0.39 is 41.7 Å². The highest BCUT2D eigenvalue weighted by Crippen LogP contribution is 2.48. The Hall–Kier alpha value is -3.59. The van der Waals surface area contributed by atoms with Gasteiger partial charge in [0.1, 0.15) is 18.2 Å². The average molecular weight is 528 g/mol. The van der Waals surface area contributed by atoms with Crippen LogP contribution in [0.4, 0.5) is 22.4 Å². The smallest absolute Gasteiger partial charge is 0.448 e. The van der Waals surface area contributed by atoms with Crippen LogP contribution >= 0.6 is 0 Å². The van der Waals surface area contributed by atoms with E-state index in [-0.39, 0.29) is 30.9 Å². The van der Waals surface area contributed by atoms with Crippen LogP contribution in [0.5, 0.6) is 5.75 Å². The molecule has 1 aliphatic carbocycles. The number of alkyl halides is 3. The van der Waals surface area contributed by atoms with E-state index in [9.17, 15) is 27.5 Å². The summed E-state index contributed by atoms with van der Waals surface area (Å²) >= 11 is 0. The molecule has 6 rings (SSSR count). The Morgan fingerprint density at radius 3 is 2.11 bits per heavy atom. The van der Waals surface area contributed by atoms with Crippen molar-refractivity contribution in [2.24, 2.45) is 0 Å². The van der Waals surface area contributed by atoms with Gasteiger partial charge in [0.2, 0.25) is 0 Å². The molecule has 0 saturated carbocycles. The quantitative estimate of drug-likeness (QED) is 0.394. The molecule has 2 heterocycles. The molecule has 1 amide bonds. The summed E-state index contributed by atoms with van der Waals surface area (Å²) in [5, 5.41) is 11.4. The summed E-state index contributed by atoms with van der Waals surface area (Å²) in [5.74, 6) is -1.53. The fourth-order valence-corrected chi connectivity index (χ4v) is 6.47. The molecule has 3 aliphatic rings. The summed E-state index contributed by atoms with van der Waals surface area (Å²) in [6, 6.07) is 17.8. The highest BCUT2D eigenvalue weighted by atomic mass is 19.4. The predicted molar refractivity (Wildman–Crippen MR) is 130 cm³/mol. The van der Waals surface area contributed by atoms with Gasteiger partial charge in [0.25, 0.3) is 0 Å². The minimum atomic E-state index is -4.94. The Kier molecular flexibility index (Phi) is 5.86. The van der Waals surface area contributed by atoms with Gasteiger partial charge in [-0.3, -0.25) is 0 Å². The summed E-state index contributed by atoms with van der Waals surface area (Å²) < 4.78 is 62.5. The molecule has 2 unspecified atom stereocenters. The molecule has 3 aromatic rings. The van der Waals surface area contributed by atoms with Crippen LogP contribution in [0.15, 0.2) is 66.7 Å². The minimum absolute atomic E-state index is 0.0138. The van der Waals surface area contributed by atoms with E-state index >= 15 is 0 Å². The average Bonchev–Trinajstić information content (AvgIpc) is 3.35. The van der Waals surface area contributed by atoms with Gasteiger partial charge in [-0.1, -0.05) is 48.5 Å². The molecule has 1 N–H and O–H groups in total. The van der Waals surface area contributed by atoms with Gasteiger partial charge in [-0.2, -0.15) is 0 Å². The molecule has 2 bridgehead atoms. The topological polar surface area (TPSA) is 59.0 Å². The number of aliphatic hydroxyl groups is 1. The van der Waals surface area contributed by atoms with Crippen molar-refractivity contribution in [2.45, 2.75) is 55.6 Å². The third-order valence-corrected chi connectivity index (χ3v) is 7.99. The first kappa shape index (κ1) is 24.7. The normalized spacial score (nSPS) is 24.2. The number of carbonyl (C=O) groups excluding carboxylic acids is 1. The highest BCUT2D eigenvalue weighted by Gasteiger charge is 2.51. The lowest BCUT2D eigenvalue weighted by molar-refractivity contribution is -0.274. The van der Waals surface area contributed by atoms with E-state index in [1.807, 2.05) is 36.4 Å². The first-order valence-electron chi connectivity index (χ1n) is 12.5. The van der Waals surface area contributed by atoms with Crippen LogP contribution in [0.25, 0.3) is 11.1 Å². The molecule has 9 heteroatoms. The number of rotatable bonds is 4. The van der Waals surface area contributed by atoms with Crippen molar-refractivity contribution in [3.8, 4) is 16.9 Å². The highest BCUT2D eigenvalue weighted by molar-refractivity contribution is 5.79. The zero-order valence-electron chi connectivity index (χ0n) is 20.2. The number of halogens is 4. The molecule has 0 spiro atoms. The van der Waals surface area contributed by atoms with Crippen LogP contribution in [-0.2, 0) is 10.3 Å². The maximum atomic E-state index is 14.7. The summed E-state index contributed by atoms with van der Waals surface area (Å²) in [7, 11) is 0. The fourth-order valence-electron chi connectivity index (χ4n) is 6.47. The molecule has 38 heavy (non-hydrogen) atoms. The summed E-state index contributed by atoms with van der Waals surface area (Å²) in [6.45, 7) is 0.151. The Morgan fingerprint density at radius 1 is 0.947 bits per heavy atom. The molecule has 3 aromatic carbocycles. The predicted octanol–water partition coefficient (Wildman–Crippen LogP) is 6.49. The lowest BCUT2D eigenvalue weighted by atomic mass is 9.80. The number of carbonyl (C=O) groups is 1. The second-order valence-electron chi connectivity index (χ2n) is 10.2. The minimum Gasteiger partial charge on any atom is -0.448 e. The number of nitrogens with zero attached hydrogens (tertiary/aromatic N) is 1. The standard InChI is InChI=1S/C29H25F4NO4/c30-26-12-11-19(38-29(31,32)33)13-25(26)28(36)14-17-9-10-18(15-28)34(17)27(35)37-16-24-22-7-3-1-5-20(22)21-6-2-4-8-23(21)24/h1-8,11-13,17-18,24,36H,9-10,14-16H2. The second kappa shape index (κ2) is 9.01. The van der Waals surface area contributed by atoms with Gasteiger partial charge in [0.15, 0.2) is 0 Å². The van der Waals surface area contributed by atoms with Crippen LogP contribution in [0.2, 0.25) is 0 Å². The number of fused-ring (bicyclic) bond motifs is 5. The number of hydrogen-bond donors (Lipinski definition) is 1. The Balaban J connectivity index is 1.18. The van der Waals surface area contributed by atoms with Crippen LogP contribution < -0.4 is 4.74 Å². The lowest BCUT2D eigenvalue weighted by Gasteiger charge is -2.43. The SMILES string of the molecule is O=C(OCC1c2ccccc2-c2ccccc21)N1C2CCC1CC(O)(c1cc(OC(F)(F)F)ccc1F)C2. The van der Waals surface area contributed by atoms with Crippen molar-refractivity contribution >= 4 is 6.09 Å². The van der Waals surface area contributed by atoms with Gasteiger partial charge in [0.05, 0.1) is 5.60 Å². The first-order valence-corrected chi connectivity index (χ1v) is 12.5. The van der Waals surface area contributed by atoms with E-state index in [0.29, 0.717) is 12.8 Å². The molecule has 0 radical (unpaired) electrons. The van der Waals surface area contributed by atoms with E-state index in [4.69, 9.17) is 4.74 Å². The summed E-state index contributed by atoms with van der Waals surface area (Å²) in [5.41, 5.74) is 2.42. The zero-order valence-corrected chi connectivity index (χ0v) is 20.2. The van der Waals surface area contributed by atoms with Gasteiger partial charge >= 0.3 is 12.5 Å². The van der Waals surface area contributed by atoms with Gasteiger partial charge in [-0.05, 0) is 53.3 Å². The lowest BCUT2D eigenvalue weighted by Crippen LogP contribution is -2.52. The number of hydrogen-bond acceptors (Lipinski definition) is 4. The molecule has 5 nitrogen and oxygen atoms in total. The molecule has 0 aromatic heterocycles. The van der Waals surface area contributed by atoms with Crippen LogP contribution in [0, 0.1) is 5.82 Å². The molecule has 2 atom stereocenters. The van der Waals surface area contributed by atoms with Crippen molar-refractivity contribution in [1.29, 1.82) is 0 Å². The van der Waals surface area contributed by atoms with Crippen molar-refractivity contribution in [1.82, 2.24) is 4.90 Å². The Morgan fingerprint density at radius 2 is 1.53 bits per heavy atom. The third-order valence-electron chi connectivity index (χ3n) is 7.99. The number of benzene rings is 3. The molecule has 198 valence electrons. The Labute approximate surface area is 216 Å². The number of piperidine rings is 1. The van der Waals surface area contributed by atoms with Crippen LogP contribution in [0.3, 0.4) is 0 Å². The van der Waals surface area contributed by atoms with Crippen molar-refractivity contribution < 1.29 is 36.9 Å². The van der Waals surface area contributed by atoms with Gasteiger partial charge < -0.3 is 19.5 Å². The molecule has 2 fully saturated rings. The van der Waals surface area contributed by atoms with Crippen LogP contribution in [0.1, 0.15) is 48.3 Å². The first-order chi connectivity index (χ1) is 18.1. The van der Waals surface area contributed by atoms with Crippen molar-refractivity contribution in [2.75, 3.05) is 6.61 Å². The fraction of sp³-hybridized carbons (Fsp3) is 0.345. The maximum absolute atomic E-state index is 14.7. The Bertz CT molecular complexity index is 1330. The molecular weight excluding hydrogens is 502 g/mol. The number of ether oxygens (including phenoxy) is 2. The van der Waals surface area contributed by atoms with Crippen LogP contribution in [-0.4, -0.2) is 41.2 Å².